The molecule has 1 aromatic heterocycles. The van der Waals surface area contributed by atoms with Crippen molar-refractivity contribution >= 4 is 34.1 Å². The third kappa shape index (κ3) is 4.03. The van der Waals surface area contributed by atoms with Gasteiger partial charge in [0.1, 0.15) is 5.00 Å². The number of carboxylic acids is 1. The molecule has 1 unspecified atom stereocenters. The predicted molar refractivity (Wildman–Crippen MR) is 93.2 cm³/mol. The third-order valence-corrected chi connectivity index (χ3v) is 5.52. The molecular weight excluding hydrogens is 328 g/mol. The van der Waals surface area contributed by atoms with E-state index in [2.05, 4.69) is 26.1 Å². The Balaban J connectivity index is 2.31. The van der Waals surface area contributed by atoms with Crippen LogP contribution in [0.4, 0.5) is 5.00 Å². The first-order valence-corrected chi connectivity index (χ1v) is 8.57. The molecule has 0 saturated carbocycles. The number of aliphatic carboxylic acids is 1. The second kappa shape index (κ2) is 6.76. The first kappa shape index (κ1) is 18.2. The number of hydrogen-bond acceptors (Lipinski definition) is 4. The van der Waals surface area contributed by atoms with Gasteiger partial charge in [-0.3, -0.25) is 9.59 Å². The van der Waals surface area contributed by atoms with Crippen molar-refractivity contribution in [3.63, 3.8) is 0 Å². The van der Waals surface area contributed by atoms with Crippen molar-refractivity contribution < 1.29 is 19.5 Å². The monoisotopic (exact) mass is 350 g/mol. The summed E-state index contributed by atoms with van der Waals surface area (Å²) in [7, 11) is 0. The quantitative estimate of drug-likeness (QED) is 0.725. The average Bonchev–Trinajstić information content (AvgIpc) is 2.80. The number of carbonyl (C=O) groups excluding carboxylic acids is 2. The molecule has 1 aliphatic rings. The van der Waals surface area contributed by atoms with Crippen LogP contribution in [0.3, 0.4) is 0 Å². The van der Waals surface area contributed by atoms with E-state index in [-0.39, 0.29) is 5.41 Å². The van der Waals surface area contributed by atoms with Gasteiger partial charge in [0.25, 0.3) is 5.91 Å². The summed E-state index contributed by atoms with van der Waals surface area (Å²) in [5.41, 5.74) is 6.96. The zero-order valence-electron chi connectivity index (χ0n) is 14.0. The van der Waals surface area contributed by atoms with Gasteiger partial charge in [0.15, 0.2) is 0 Å². The fourth-order valence-corrected chi connectivity index (χ4v) is 4.31. The highest BCUT2D eigenvalue weighted by atomic mass is 32.1. The Labute approximate surface area is 144 Å². The smallest absolute Gasteiger partial charge is 0.328 e. The normalized spacial score (nSPS) is 17.5. The lowest BCUT2D eigenvalue weighted by Gasteiger charge is -2.33. The van der Waals surface area contributed by atoms with Crippen LogP contribution in [0.1, 0.15) is 48.0 Å². The SMILES string of the molecule is CC(C)(C)C1CCc2c(sc(NC(=O)/C=C/C(=O)O)c2C(N)=O)C1. The summed E-state index contributed by atoms with van der Waals surface area (Å²) in [4.78, 5) is 35.2. The van der Waals surface area contributed by atoms with Gasteiger partial charge in [0.2, 0.25) is 5.91 Å². The van der Waals surface area contributed by atoms with Crippen molar-refractivity contribution in [2.75, 3.05) is 5.32 Å². The van der Waals surface area contributed by atoms with E-state index in [9.17, 15) is 14.4 Å². The van der Waals surface area contributed by atoms with Crippen molar-refractivity contribution in [1.29, 1.82) is 0 Å². The van der Waals surface area contributed by atoms with Crippen LogP contribution in [0.15, 0.2) is 12.2 Å². The Bertz CT molecular complexity index is 713. The summed E-state index contributed by atoms with van der Waals surface area (Å²) in [5.74, 6) is -1.87. The van der Waals surface area contributed by atoms with Crippen LogP contribution < -0.4 is 11.1 Å². The average molecular weight is 350 g/mol. The van der Waals surface area contributed by atoms with E-state index >= 15 is 0 Å². The van der Waals surface area contributed by atoms with E-state index in [4.69, 9.17) is 10.8 Å². The van der Waals surface area contributed by atoms with Gasteiger partial charge in [-0.2, -0.15) is 0 Å². The van der Waals surface area contributed by atoms with Crippen molar-refractivity contribution in [1.82, 2.24) is 0 Å². The summed E-state index contributed by atoms with van der Waals surface area (Å²) in [6.07, 6.45) is 4.25. The highest BCUT2D eigenvalue weighted by molar-refractivity contribution is 7.17. The molecule has 0 bridgehead atoms. The molecule has 0 aliphatic heterocycles. The fourth-order valence-electron chi connectivity index (χ4n) is 2.97. The maximum Gasteiger partial charge on any atom is 0.328 e. The molecule has 4 N–H and O–H groups in total. The first-order chi connectivity index (χ1) is 11.1. The van der Waals surface area contributed by atoms with Crippen molar-refractivity contribution in [3.8, 4) is 0 Å². The largest absolute Gasteiger partial charge is 0.478 e. The Morgan fingerprint density at radius 1 is 1.29 bits per heavy atom. The lowest BCUT2D eigenvalue weighted by Crippen LogP contribution is -2.27. The molecule has 2 rings (SSSR count). The van der Waals surface area contributed by atoms with Crippen LogP contribution in [-0.2, 0) is 22.4 Å². The van der Waals surface area contributed by atoms with Gasteiger partial charge in [-0.05, 0) is 36.2 Å². The summed E-state index contributed by atoms with van der Waals surface area (Å²) in [6, 6.07) is 0. The number of nitrogens with two attached hydrogens (primary N) is 1. The molecule has 0 spiro atoms. The van der Waals surface area contributed by atoms with Crippen LogP contribution >= 0.6 is 11.3 Å². The number of nitrogens with one attached hydrogen (secondary N) is 1. The molecule has 0 fully saturated rings. The van der Waals surface area contributed by atoms with Crippen molar-refractivity contribution in [2.45, 2.75) is 40.0 Å². The van der Waals surface area contributed by atoms with Crippen molar-refractivity contribution in [2.24, 2.45) is 17.1 Å². The van der Waals surface area contributed by atoms with Gasteiger partial charge in [0, 0.05) is 17.0 Å². The summed E-state index contributed by atoms with van der Waals surface area (Å²) in [5, 5.41) is 11.6. The third-order valence-electron chi connectivity index (χ3n) is 4.35. The number of thiophene rings is 1. The Morgan fingerprint density at radius 2 is 1.96 bits per heavy atom. The molecule has 0 radical (unpaired) electrons. The van der Waals surface area contributed by atoms with Gasteiger partial charge < -0.3 is 16.2 Å². The molecule has 1 atom stereocenters. The number of anilines is 1. The topological polar surface area (TPSA) is 109 Å². The molecule has 1 aromatic rings. The van der Waals surface area contributed by atoms with Gasteiger partial charge in [0.05, 0.1) is 5.56 Å². The molecule has 24 heavy (non-hydrogen) atoms. The summed E-state index contributed by atoms with van der Waals surface area (Å²) in [6.45, 7) is 6.60. The zero-order chi connectivity index (χ0) is 18.1. The van der Waals surface area contributed by atoms with Crippen LogP contribution in [0, 0.1) is 11.3 Å². The predicted octanol–water partition coefficient (Wildman–Crippen LogP) is 2.58. The Morgan fingerprint density at radius 3 is 2.50 bits per heavy atom. The number of carbonyl (C=O) groups is 3. The molecule has 6 nitrogen and oxygen atoms in total. The standard InChI is InChI=1S/C17H22N2O4S/c1-17(2,3)9-4-5-10-11(8-9)24-16(14(10)15(18)23)19-12(20)6-7-13(21)22/h6-7,9H,4-5,8H2,1-3H3,(H2,18,23)(H,19,20)(H,21,22)/b7-6+. The minimum atomic E-state index is -1.21. The molecular formula is C17H22N2O4S. The maximum absolute atomic E-state index is 11.8. The Hall–Kier alpha value is -2.15. The van der Waals surface area contributed by atoms with Crippen LogP contribution in [0.2, 0.25) is 0 Å². The lowest BCUT2D eigenvalue weighted by atomic mass is 9.72. The maximum atomic E-state index is 11.8. The summed E-state index contributed by atoms with van der Waals surface area (Å²) >= 11 is 1.36. The van der Waals surface area contributed by atoms with E-state index < -0.39 is 17.8 Å². The second-order valence-corrected chi connectivity index (χ2v) is 8.14. The van der Waals surface area contributed by atoms with E-state index in [0.29, 0.717) is 16.5 Å². The number of amides is 2. The highest BCUT2D eigenvalue weighted by Gasteiger charge is 2.33. The van der Waals surface area contributed by atoms with Crippen molar-refractivity contribution in [3.05, 3.63) is 28.2 Å². The number of carboxylic acid groups (broad SMARTS) is 1. The molecule has 1 aliphatic carbocycles. The number of hydrogen-bond donors (Lipinski definition) is 3. The van der Waals surface area contributed by atoms with Gasteiger partial charge in [-0.25, -0.2) is 4.79 Å². The van der Waals surface area contributed by atoms with E-state index in [1.807, 2.05) is 0 Å². The Kier molecular flexibility index (Phi) is 5.13. The second-order valence-electron chi connectivity index (χ2n) is 7.04. The molecule has 2 amide bonds. The van der Waals surface area contributed by atoms with Gasteiger partial charge >= 0.3 is 5.97 Å². The van der Waals surface area contributed by atoms with Crippen LogP contribution in [0.5, 0.6) is 0 Å². The van der Waals surface area contributed by atoms with Gasteiger partial charge in [-0.15, -0.1) is 11.3 Å². The fraction of sp³-hybridized carbons (Fsp3) is 0.471. The van der Waals surface area contributed by atoms with Crippen LogP contribution in [0.25, 0.3) is 0 Å². The summed E-state index contributed by atoms with van der Waals surface area (Å²) < 4.78 is 0. The lowest BCUT2D eigenvalue weighted by molar-refractivity contribution is -0.131. The minimum absolute atomic E-state index is 0.169. The minimum Gasteiger partial charge on any atom is -0.478 e. The number of rotatable bonds is 4. The molecule has 0 saturated heterocycles. The van der Waals surface area contributed by atoms with Gasteiger partial charge in [-0.1, -0.05) is 20.8 Å². The number of primary amides is 1. The van der Waals surface area contributed by atoms with Crippen LogP contribution in [-0.4, -0.2) is 22.9 Å². The molecule has 0 aromatic carbocycles. The molecule has 130 valence electrons. The first-order valence-electron chi connectivity index (χ1n) is 7.76. The zero-order valence-corrected chi connectivity index (χ0v) is 14.8. The number of fused-ring (bicyclic) bond motifs is 1. The highest BCUT2D eigenvalue weighted by Crippen LogP contribution is 2.44. The molecule has 7 heteroatoms. The van der Waals surface area contributed by atoms with E-state index in [1.54, 1.807) is 0 Å². The molecule has 1 heterocycles. The van der Waals surface area contributed by atoms with E-state index in [0.717, 1.165) is 41.9 Å². The van der Waals surface area contributed by atoms with E-state index in [1.165, 1.54) is 11.3 Å².